The topological polar surface area (TPSA) is 51.6 Å². The molecule has 0 N–H and O–H groups in total. The molecule has 0 aliphatic heterocycles. The van der Waals surface area contributed by atoms with Crippen molar-refractivity contribution in [1.82, 2.24) is 19.9 Å². The van der Waals surface area contributed by atoms with E-state index in [4.69, 9.17) is 0 Å². The predicted octanol–water partition coefficient (Wildman–Crippen LogP) is 6.82. The molecular weight excluding hydrogens is 425 g/mol. The molecule has 0 saturated carbocycles. The fourth-order valence-corrected chi connectivity index (χ4v) is 7.42. The summed E-state index contributed by atoms with van der Waals surface area (Å²) in [6.45, 7) is 0. The van der Waals surface area contributed by atoms with Crippen molar-refractivity contribution < 1.29 is 0 Å². The fourth-order valence-electron chi connectivity index (χ4n) is 3.20. The van der Waals surface area contributed by atoms with Crippen molar-refractivity contribution >= 4 is 67.4 Å². The number of rotatable bonds is 3. The molecule has 6 aromatic heterocycles. The molecule has 0 aliphatic rings. The maximum atomic E-state index is 4.68. The summed E-state index contributed by atoms with van der Waals surface area (Å²) in [6, 6.07) is 8.42. The summed E-state index contributed by atoms with van der Waals surface area (Å²) < 4.78 is 0. The van der Waals surface area contributed by atoms with Gasteiger partial charge in [0.1, 0.15) is 22.1 Å². The van der Waals surface area contributed by atoms with Crippen molar-refractivity contribution in [2.24, 2.45) is 0 Å². The van der Waals surface area contributed by atoms with E-state index in [-0.39, 0.29) is 0 Å². The molecule has 0 aliphatic carbocycles. The predicted molar refractivity (Wildman–Crippen MR) is 120 cm³/mol. The Kier molecular flexibility index (Phi) is 3.83. The summed E-state index contributed by atoms with van der Waals surface area (Å²) in [5, 5.41) is 4.19. The Bertz CT molecular complexity index is 1300. The highest BCUT2D eigenvalue weighted by Crippen LogP contribution is 2.50. The van der Waals surface area contributed by atoms with Crippen LogP contribution in [-0.2, 0) is 0 Å². The molecule has 0 spiro atoms. The molecule has 8 heteroatoms. The Morgan fingerprint density at radius 2 is 0.893 bits per heavy atom. The van der Waals surface area contributed by atoms with Crippen LogP contribution in [0.5, 0.6) is 0 Å². The minimum atomic E-state index is 0.933. The largest absolute Gasteiger partial charge is 0.251 e. The monoisotopic (exact) mass is 434 g/mol. The number of aromatic nitrogens is 4. The van der Waals surface area contributed by atoms with Crippen LogP contribution in [0.25, 0.3) is 51.3 Å². The van der Waals surface area contributed by atoms with Crippen LogP contribution in [0, 0.1) is 0 Å². The van der Waals surface area contributed by atoms with E-state index in [1.807, 2.05) is 0 Å². The SMILES string of the molecule is c1csc(-c2sc(-c3sc(-c4cccs4)c4nccnc34)c3nccnc23)c1. The Morgan fingerprint density at radius 1 is 0.500 bits per heavy atom. The van der Waals surface area contributed by atoms with E-state index in [1.54, 1.807) is 70.1 Å². The molecule has 28 heavy (non-hydrogen) atoms. The summed E-state index contributed by atoms with van der Waals surface area (Å²) in [6.07, 6.45) is 7.05. The lowest BCUT2D eigenvalue weighted by molar-refractivity contribution is 1.30. The van der Waals surface area contributed by atoms with Gasteiger partial charge in [0.25, 0.3) is 0 Å². The second-order valence-electron chi connectivity index (χ2n) is 5.98. The molecule has 0 bridgehead atoms. The van der Waals surface area contributed by atoms with Gasteiger partial charge < -0.3 is 0 Å². The highest BCUT2D eigenvalue weighted by atomic mass is 32.1. The third-order valence-corrected chi connectivity index (χ3v) is 8.96. The Morgan fingerprint density at radius 3 is 1.25 bits per heavy atom. The standard InChI is InChI=1S/C20H10N4S4/c1-3-11(25-9-1)17-13-15(23-7-5-21-13)19(27-17)20-16-14(22-6-8-24-16)18(28-20)12-4-2-10-26-12/h1-10H. The zero-order chi connectivity index (χ0) is 18.5. The lowest BCUT2D eigenvalue weighted by Gasteiger charge is -1.94. The van der Waals surface area contributed by atoms with Crippen LogP contribution in [0.1, 0.15) is 0 Å². The Balaban J connectivity index is 1.68. The van der Waals surface area contributed by atoms with Crippen LogP contribution in [0.3, 0.4) is 0 Å². The van der Waals surface area contributed by atoms with Crippen LogP contribution in [0.4, 0.5) is 0 Å². The number of fused-ring (bicyclic) bond motifs is 2. The maximum absolute atomic E-state index is 4.68. The van der Waals surface area contributed by atoms with E-state index in [9.17, 15) is 0 Å². The summed E-state index contributed by atoms with van der Waals surface area (Å²) in [5.74, 6) is 0. The van der Waals surface area contributed by atoms with Gasteiger partial charge in [-0.3, -0.25) is 19.9 Å². The second-order valence-corrected chi connectivity index (χ2v) is 9.92. The molecule has 6 heterocycles. The van der Waals surface area contributed by atoms with Gasteiger partial charge in [-0.1, -0.05) is 12.1 Å². The summed E-state index contributed by atoms with van der Waals surface area (Å²) in [4.78, 5) is 25.6. The van der Waals surface area contributed by atoms with Gasteiger partial charge in [0.2, 0.25) is 0 Å². The van der Waals surface area contributed by atoms with Gasteiger partial charge in [-0.15, -0.1) is 45.3 Å². The Hall–Kier alpha value is -2.52. The van der Waals surface area contributed by atoms with E-state index >= 15 is 0 Å². The summed E-state index contributed by atoms with van der Waals surface area (Å²) in [7, 11) is 0. The molecule has 0 amide bonds. The van der Waals surface area contributed by atoms with Crippen LogP contribution >= 0.6 is 45.3 Å². The van der Waals surface area contributed by atoms with Crippen molar-refractivity contribution in [3.63, 3.8) is 0 Å². The van der Waals surface area contributed by atoms with Gasteiger partial charge in [0.15, 0.2) is 0 Å². The van der Waals surface area contributed by atoms with Crippen molar-refractivity contribution in [3.05, 3.63) is 59.8 Å². The molecule has 0 radical (unpaired) electrons. The normalized spacial score (nSPS) is 11.6. The second kappa shape index (κ2) is 6.52. The number of hydrogen-bond acceptors (Lipinski definition) is 8. The molecule has 6 aromatic rings. The smallest absolute Gasteiger partial charge is 0.109 e. The molecule has 0 atom stereocenters. The van der Waals surface area contributed by atoms with Crippen molar-refractivity contribution in [2.45, 2.75) is 0 Å². The van der Waals surface area contributed by atoms with Gasteiger partial charge in [0, 0.05) is 34.5 Å². The van der Waals surface area contributed by atoms with Gasteiger partial charge in [-0.05, 0) is 22.9 Å². The number of hydrogen-bond donors (Lipinski definition) is 0. The first-order valence-corrected chi connectivity index (χ1v) is 11.8. The minimum Gasteiger partial charge on any atom is -0.251 e. The molecule has 134 valence electrons. The summed E-state index contributed by atoms with van der Waals surface area (Å²) in [5.41, 5.74) is 3.77. The average Bonchev–Trinajstić information content (AvgIpc) is 3.52. The van der Waals surface area contributed by atoms with E-state index in [2.05, 4.69) is 55.0 Å². The minimum absolute atomic E-state index is 0.933. The van der Waals surface area contributed by atoms with E-state index in [0.717, 1.165) is 41.6 Å². The zero-order valence-electron chi connectivity index (χ0n) is 14.2. The zero-order valence-corrected chi connectivity index (χ0v) is 17.5. The third kappa shape index (κ3) is 2.46. The molecule has 4 nitrogen and oxygen atoms in total. The van der Waals surface area contributed by atoms with Gasteiger partial charge in [-0.2, -0.15) is 0 Å². The molecule has 0 fully saturated rings. The van der Waals surface area contributed by atoms with Crippen molar-refractivity contribution in [3.8, 4) is 29.3 Å². The Labute approximate surface area is 175 Å². The van der Waals surface area contributed by atoms with Crippen LogP contribution < -0.4 is 0 Å². The summed E-state index contributed by atoms with van der Waals surface area (Å²) >= 11 is 6.93. The molecule has 0 saturated heterocycles. The van der Waals surface area contributed by atoms with Gasteiger partial charge >= 0.3 is 0 Å². The maximum Gasteiger partial charge on any atom is 0.109 e. The fraction of sp³-hybridized carbons (Fsp3) is 0. The highest BCUT2D eigenvalue weighted by molar-refractivity contribution is 7.30. The van der Waals surface area contributed by atoms with E-state index < -0.39 is 0 Å². The quantitative estimate of drug-likeness (QED) is 0.307. The lowest BCUT2D eigenvalue weighted by Crippen LogP contribution is -1.81. The molecule has 0 unspecified atom stereocenters. The highest BCUT2D eigenvalue weighted by Gasteiger charge is 2.23. The van der Waals surface area contributed by atoms with Crippen LogP contribution in [0.2, 0.25) is 0 Å². The first kappa shape index (κ1) is 16.4. The number of nitrogens with zero attached hydrogens (tertiary/aromatic N) is 4. The van der Waals surface area contributed by atoms with Crippen molar-refractivity contribution in [1.29, 1.82) is 0 Å². The molecule has 0 aromatic carbocycles. The van der Waals surface area contributed by atoms with Crippen LogP contribution in [-0.4, -0.2) is 19.9 Å². The third-order valence-electron chi connectivity index (χ3n) is 4.36. The first-order valence-electron chi connectivity index (χ1n) is 8.45. The van der Waals surface area contributed by atoms with E-state index in [1.165, 1.54) is 9.75 Å². The molecule has 6 rings (SSSR count). The average molecular weight is 435 g/mol. The first-order chi connectivity index (χ1) is 13.9. The molecular formula is C20H10N4S4. The van der Waals surface area contributed by atoms with E-state index in [0.29, 0.717) is 0 Å². The van der Waals surface area contributed by atoms with Crippen LogP contribution in [0.15, 0.2) is 59.8 Å². The van der Waals surface area contributed by atoms with Crippen molar-refractivity contribution in [2.75, 3.05) is 0 Å². The van der Waals surface area contributed by atoms with Gasteiger partial charge in [0.05, 0.1) is 19.5 Å². The number of thiophene rings is 4. The lowest BCUT2D eigenvalue weighted by atomic mass is 10.2. The van der Waals surface area contributed by atoms with Gasteiger partial charge in [-0.25, -0.2) is 0 Å².